The minimum atomic E-state index is -2.39. The molecule has 1 aromatic heterocycles. The maximum atomic E-state index is 14.4. The lowest BCUT2D eigenvalue weighted by molar-refractivity contribution is -0.185. The number of amides is 2. The van der Waals surface area contributed by atoms with Crippen LogP contribution < -0.4 is 9.80 Å². The van der Waals surface area contributed by atoms with Gasteiger partial charge in [-0.2, -0.15) is 0 Å². The number of nitrogens with zero attached hydrogens (tertiary/aromatic N) is 3. The first-order valence-corrected chi connectivity index (χ1v) is 12.4. The van der Waals surface area contributed by atoms with E-state index in [1.165, 1.54) is 4.90 Å². The molecule has 3 aromatic rings. The largest absolute Gasteiger partial charge is 0.464 e. The molecule has 0 saturated carbocycles. The molecule has 0 aliphatic carbocycles. The molecule has 190 valence electrons. The summed E-state index contributed by atoms with van der Waals surface area (Å²) in [6.07, 6.45) is 1.35. The van der Waals surface area contributed by atoms with Gasteiger partial charge in [-0.1, -0.05) is 35.9 Å². The van der Waals surface area contributed by atoms with Gasteiger partial charge in [-0.25, -0.2) is 4.79 Å². The number of ether oxygens (including phenoxy) is 1. The molecule has 3 aliphatic rings. The van der Waals surface area contributed by atoms with Crippen molar-refractivity contribution in [1.82, 2.24) is 4.57 Å². The van der Waals surface area contributed by atoms with Crippen LogP contribution in [-0.2, 0) is 30.1 Å². The number of para-hydroxylation sites is 1. The molecule has 0 saturated heterocycles. The molecule has 37 heavy (non-hydrogen) atoms. The Morgan fingerprint density at radius 2 is 1.73 bits per heavy atom. The predicted octanol–water partition coefficient (Wildman–Crippen LogP) is 2.79. The summed E-state index contributed by atoms with van der Waals surface area (Å²) in [6, 6.07) is 14.8. The molecule has 0 fully saturated rings. The van der Waals surface area contributed by atoms with Gasteiger partial charge in [-0.15, -0.1) is 0 Å². The lowest BCUT2D eigenvalue weighted by Crippen LogP contribution is -2.71. The predicted molar refractivity (Wildman–Crippen MR) is 138 cm³/mol. The molecule has 1 N–H and O–H groups in total. The molecule has 8 nitrogen and oxygen atoms in total. The zero-order chi connectivity index (χ0) is 26.5. The Labute approximate surface area is 215 Å². The molecular weight excluding hydrogens is 470 g/mol. The van der Waals surface area contributed by atoms with Crippen LogP contribution in [0.15, 0.2) is 54.7 Å². The first-order valence-electron chi connectivity index (χ1n) is 12.4. The van der Waals surface area contributed by atoms with Crippen LogP contribution in [-0.4, -0.2) is 53.8 Å². The lowest BCUT2D eigenvalue weighted by atomic mass is 9.59. The van der Waals surface area contributed by atoms with Crippen molar-refractivity contribution < 1.29 is 24.2 Å². The number of anilines is 2. The van der Waals surface area contributed by atoms with E-state index in [1.807, 2.05) is 56.3 Å². The maximum absolute atomic E-state index is 14.4. The molecule has 2 spiro atoms. The van der Waals surface area contributed by atoms with Gasteiger partial charge in [0, 0.05) is 43.7 Å². The van der Waals surface area contributed by atoms with Gasteiger partial charge in [0.2, 0.25) is 11.5 Å². The summed E-state index contributed by atoms with van der Waals surface area (Å²) in [7, 11) is 3.34. The fraction of sp³-hybridized carbons (Fsp3) is 0.345. The Bertz CT molecular complexity index is 1530. The Morgan fingerprint density at radius 3 is 2.46 bits per heavy atom. The van der Waals surface area contributed by atoms with Crippen molar-refractivity contribution in [3.63, 3.8) is 0 Å². The van der Waals surface area contributed by atoms with E-state index in [9.17, 15) is 19.5 Å². The van der Waals surface area contributed by atoms with E-state index in [0.29, 0.717) is 28.2 Å². The number of aromatic nitrogens is 1. The van der Waals surface area contributed by atoms with Gasteiger partial charge in [-0.3, -0.25) is 9.59 Å². The van der Waals surface area contributed by atoms with Gasteiger partial charge in [-0.05, 0) is 50.1 Å². The van der Waals surface area contributed by atoms with E-state index in [1.54, 1.807) is 42.7 Å². The molecule has 6 rings (SSSR count). The number of likely N-dealkylation sites (N-methyl/N-ethyl adjacent to an activating group) is 2. The normalized spacial score (nSPS) is 27.6. The van der Waals surface area contributed by atoms with Gasteiger partial charge in [0.05, 0.1) is 12.3 Å². The Balaban J connectivity index is 1.78. The average Bonchev–Trinajstić information content (AvgIpc) is 3.49. The van der Waals surface area contributed by atoms with Gasteiger partial charge >= 0.3 is 5.97 Å². The van der Waals surface area contributed by atoms with E-state index in [2.05, 4.69) is 0 Å². The molecule has 2 aromatic carbocycles. The van der Waals surface area contributed by atoms with Crippen molar-refractivity contribution in [3.05, 3.63) is 82.7 Å². The number of aryl methyl sites for hydroxylation is 2. The highest BCUT2D eigenvalue weighted by atomic mass is 16.5. The Morgan fingerprint density at radius 1 is 1.00 bits per heavy atom. The Hall–Kier alpha value is -3.91. The fourth-order valence-electron chi connectivity index (χ4n) is 7.12. The summed E-state index contributed by atoms with van der Waals surface area (Å²) in [6.45, 7) is 5.49. The monoisotopic (exact) mass is 499 g/mol. The van der Waals surface area contributed by atoms with E-state index in [-0.39, 0.29) is 18.9 Å². The summed E-state index contributed by atoms with van der Waals surface area (Å²) in [5, 5.41) is 12.7. The smallest absolute Gasteiger partial charge is 0.341 e. The number of esters is 1. The molecule has 0 radical (unpaired) electrons. The standard InChI is InChI=1S/C29H29N3O5/c1-6-37-26(35)28(36)16-27(19-10-7-8-11-21(19)30(4)24(27)33)22-12-9-13-32(22)29(28)20-15-17(2)14-18(3)23(20)31(5)25(29)34/h7-15,36H,6,16H2,1-5H3/t27-,28+,29-/m1/s1. The lowest BCUT2D eigenvalue weighted by Gasteiger charge is -2.52. The number of aliphatic hydroxyl groups is 1. The fourth-order valence-corrected chi connectivity index (χ4v) is 7.12. The molecule has 2 amide bonds. The summed E-state index contributed by atoms with van der Waals surface area (Å²) in [5.74, 6) is -1.65. The second-order valence-corrected chi connectivity index (χ2v) is 10.4. The summed E-state index contributed by atoms with van der Waals surface area (Å²) in [5.41, 5.74) is -0.786. The van der Waals surface area contributed by atoms with Gasteiger partial charge < -0.3 is 24.2 Å². The number of hydrogen-bond donors (Lipinski definition) is 1. The third kappa shape index (κ3) is 2.44. The number of hydrogen-bond acceptors (Lipinski definition) is 5. The van der Waals surface area contributed by atoms with Crippen LogP contribution in [0.1, 0.15) is 41.3 Å². The van der Waals surface area contributed by atoms with Crippen LogP contribution in [0, 0.1) is 13.8 Å². The highest BCUT2D eigenvalue weighted by Crippen LogP contribution is 2.61. The van der Waals surface area contributed by atoms with Crippen molar-refractivity contribution in [2.45, 2.75) is 43.7 Å². The molecular formula is C29H29N3O5. The van der Waals surface area contributed by atoms with Crippen molar-refractivity contribution in [1.29, 1.82) is 0 Å². The minimum Gasteiger partial charge on any atom is -0.464 e. The average molecular weight is 500 g/mol. The highest BCUT2D eigenvalue weighted by molar-refractivity contribution is 6.15. The zero-order valence-electron chi connectivity index (χ0n) is 21.5. The van der Waals surface area contributed by atoms with Crippen LogP contribution in [0.3, 0.4) is 0 Å². The second-order valence-electron chi connectivity index (χ2n) is 10.4. The van der Waals surface area contributed by atoms with Crippen LogP contribution in [0.25, 0.3) is 0 Å². The van der Waals surface area contributed by atoms with Gasteiger partial charge in [0.25, 0.3) is 5.91 Å². The number of carbonyl (C=O) groups is 3. The topological polar surface area (TPSA) is 92.1 Å². The molecule has 8 heteroatoms. The van der Waals surface area contributed by atoms with E-state index >= 15 is 0 Å². The molecule has 4 heterocycles. The quantitative estimate of drug-likeness (QED) is 0.548. The van der Waals surface area contributed by atoms with Crippen molar-refractivity contribution in [2.24, 2.45) is 0 Å². The van der Waals surface area contributed by atoms with Crippen LogP contribution in [0.5, 0.6) is 0 Å². The number of fused-ring (bicyclic) bond motifs is 7. The van der Waals surface area contributed by atoms with Crippen LogP contribution >= 0.6 is 0 Å². The van der Waals surface area contributed by atoms with Crippen LogP contribution in [0.4, 0.5) is 11.4 Å². The van der Waals surface area contributed by atoms with Gasteiger partial charge in [0.1, 0.15) is 5.41 Å². The molecule has 0 bridgehead atoms. The second kappa shape index (κ2) is 7.32. The maximum Gasteiger partial charge on any atom is 0.341 e. The number of rotatable bonds is 2. The van der Waals surface area contributed by atoms with Crippen LogP contribution in [0.2, 0.25) is 0 Å². The first-order chi connectivity index (χ1) is 17.6. The minimum absolute atomic E-state index is 0.0108. The summed E-state index contributed by atoms with van der Waals surface area (Å²) < 4.78 is 7.13. The van der Waals surface area contributed by atoms with E-state index < -0.39 is 28.4 Å². The SMILES string of the molecule is CCOC(=O)[C@@]1(O)C[C@]2(C(=O)N(C)c3ccccc32)c2cccn2[C@]12C(=O)N(C)c1c(C)cc(C)cc12. The first kappa shape index (κ1) is 23.5. The molecule has 0 unspecified atom stereocenters. The number of benzene rings is 2. The molecule has 3 atom stereocenters. The molecule has 3 aliphatic heterocycles. The van der Waals surface area contributed by atoms with Crippen molar-refractivity contribution >= 4 is 29.2 Å². The van der Waals surface area contributed by atoms with E-state index in [0.717, 1.165) is 11.1 Å². The zero-order valence-corrected chi connectivity index (χ0v) is 21.5. The van der Waals surface area contributed by atoms with Crippen molar-refractivity contribution in [2.75, 3.05) is 30.5 Å². The summed E-state index contributed by atoms with van der Waals surface area (Å²) in [4.78, 5) is 45.5. The third-order valence-electron chi connectivity index (χ3n) is 8.46. The van der Waals surface area contributed by atoms with E-state index in [4.69, 9.17) is 4.74 Å². The summed E-state index contributed by atoms with van der Waals surface area (Å²) >= 11 is 0. The Kier molecular flexibility index (Phi) is 4.65. The van der Waals surface area contributed by atoms with Crippen molar-refractivity contribution in [3.8, 4) is 0 Å². The number of carbonyl (C=O) groups excluding carboxylic acids is 3. The highest BCUT2D eigenvalue weighted by Gasteiger charge is 2.75. The third-order valence-corrected chi connectivity index (χ3v) is 8.46. The van der Waals surface area contributed by atoms with Gasteiger partial charge in [0.15, 0.2) is 5.54 Å².